The fourth-order valence-corrected chi connectivity index (χ4v) is 2.07. The van der Waals surface area contributed by atoms with Gasteiger partial charge in [0, 0.05) is 6.54 Å². The number of aryl methyl sites for hydroxylation is 1. The van der Waals surface area contributed by atoms with E-state index in [9.17, 15) is 4.79 Å². The van der Waals surface area contributed by atoms with E-state index in [4.69, 9.17) is 0 Å². The third-order valence-corrected chi connectivity index (χ3v) is 3.39. The van der Waals surface area contributed by atoms with Gasteiger partial charge in [0.2, 0.25) is 0 Å². The Hall–Kier alpha value is -0.620. The van der Waals surface area contributed by atoms with Crippen LogP contribution < -0.4 is 5.32 Å². The zero-order chi connectivity index (χ0) is 12.5. The SMILES string of the molecule is COC(=O)C(I)CNCCCc1ccccc1. The molecule has 0 fully saturated rings. The predicted octanol–water partition coefficient (Wildman–Crippen LogP) is 2.19. The van der Waals surface area contributed by atoms with Gasteiger partial charge in [0.15, 0.2) is 0 Å². The summed E-state index contributed by atoms with van der Waals surface area (Å²) in [5.74, 6) is -0.166. The number of nitrogens with one attached hydrogen (secondary N) is 1. The highest BCUT2D eigenvalue weighted by Crippen LogP contribution is 2.03. The Morgan fingerprint density at radius 2 is 2.12 bits per heavy atom. The molecule has 1 unspecified atom stereocenters. The Morgan fingerprint density at radius 3 is 2.76 bits per heavy atom. The third-order valence-electron chi connectivity index (χ3n) is 2.44. The highest BCUT2D eigenvalue weighted by molar-refractivity contribution is 14.1. The molecule has 0 aliphatic rings. The summed E-state index contributed by atoms with van der Waals surface area (Å²) in [5, 5.41) is 3.26. The first-order valence-electron chi connectivity index (χ1n) is 5.70. The number of carbonyl (C=O) groups is 1. The molecule has 0 aromatic heterocycles. The summed E-state index contributed by atoms with van der Waals surface area (Å²) in [5.41, 5.74) is 1.35. The number of alkyl halides is 1. The summed E-state index contributed by atoms with van der Waals surface area (Å²) in [6.45, 7) is 1.59. The van der Waals surface area contributed by atoms with Crippen LogP contribution in [0.15, 0.2) is 30.3 Å². The maximum Gasteiger partial charge on any atom is 0.319 e. The zero-order valence-electron chi connectivity index (χ0n) is 9.99. The van der Waals surface area contributed by atoms with Gasteiger partial charge in [-0.1, -0.05) is 52.9 Å². The van der Waals surface area contributed by atoms with Crippen molar-refractivity contribution < 1.29 is 9.53 Å². The van der Waals surface area contributed by atoms with E-state index in [0.717, 1.165) is 19.4 Å². The lowest BCUT2D eigenvalue weighted by molar-refractivity contribution is -0.139. The number of rotatable bonds is 7. The van der Waals surface area contributed by atoms with Gasteiger partial charge in [-0.2, -0.15) is 0 Å². The number of esters is 1. The van der Waals surface area contributed by atoms with Crippen LogP contribution in [-0.2, 0) is 16.0 Å². The van der Waals surface area contributed by atoms with Gasteiger partial charge in [0.05, 0.1) is 7.11 Å². The highest BCUT2D eigenvalue weighted by atomic mass is 127. The van der Waals surface area contributed by atoms with Crippen LogP contribution in [0.4, 0.5) is 0 Å². The Labute approximate surface area is 116 Å². The van der Waals surface area contributed by atoms with E-state index < -0.39 is 0 Å². The first kappa shape index (κ1) is 14.4. The van der Waals surface area contributed by atoms with E-state index in [1.807, 2.05) is 6.07 Å². The molecule has 1 rings (SSSR count). The number of hydrogen-bond donors (Lipinski definition) is 1. The van der Waals surface area contributed by atoms with E-state index in [1.165, 1.54) is 12.7 Å². The topological polar surface area (TPSA) is 38.3 Å². The molecule has 0 saturated heterocycles. The van der Waals surface area contributed by atoms with Crippen LogP contribution >= 0.6 is 22.6 Å². The summed E-state index contributed by atoms with van der Waals surface area (Å²) in [7, 11) is 1.42. The monoisotopic (exact) mass is 347 g/mol. The van der Waals surface area contributed by atoms with Crippen molar-refractivity contribution in [2.24, 2.45) is 0 Å². The van der Waals surface area contributed by atoms with Crippen LogP contribution in [0.1, 0.15) is 12.0 Å². The maximum absolute atomic E-state index is 11.1. The van der Waals surface area contributed by atoms with Gasteiger partial charge in [0.25, 0.3) is 0 Å². The minimum absolute atomic E-state index is 0.102. The van der Waals surface area contributed by atoms with Crippen LogP contribution in [-0.4, -0.2) is 30.1 Å². The van der Waals surface area contributed by atoms with Crippen molar-refractivity contribution in [2.45, 2.75) is 16.8 Å². The second kappa shape index (κ2) is 8.47. The second-order valence-corrected chi connectivity index (χ2v) is 5.29. The molecule has 1 aromatic carbocycles. The number of hydrogen-bond acceptors (Lipinski definition) is 3. The van der Waals surface area contributed by atoms with Crippen LogP contribution in [0.2, 0.25) is 0 Å². The molecule has 1 aromatic rings. The van der Waals surface area contributed by atoms with Crippen molar-refractivity contribution >= 4 is 28.6 Å². The first-order valence-corrected chi connectivity index (χ1v) is 6.95. The van der Waals surface area contributed by atoms with E-state index in [1.54, 1.807) is 0 Å². The molecule has 0 spiro atoms. The fourth-order valence-electron chi connectivity index (χ4n) is 1.50. The van der Waals surface area contributed by atoms with Crippen molar-refractivity contribution in [1.82, 2.24) is 5.32 Å². The van der Waals surface area contributed by atoms with E-state index in [-0.39, 0.29) is 9.89 Å². The number of halogens is 1. The lowest BCUT2D eigenvalue weighted by Crippen LogP contribution is -2.30. The van der Waals surface area contributed by atoms with Crippen LogP contribution in [0.5, 0.6) is 0 Å². The number of carbonyl (C=O) groups excluding carboxylic acids is 1. The van der Waals surface area contributed by atoms with Gasteiger partial charge >= 0.3 is 5.97 Å². The van der Waals surface area contributed by atoms with Gasteiger partial charge in [-0.15, -0.1) is 0 Å². The molecule has 0 aliphatic heterocycles. The standard InChI is InChI=1S/C13H18INO2/c1-17-13(16)12(14)10-15-9-5-8-11-6-3-2-4-7-11/h2-4,6-7,12,15H,5,8-10H2,1H3. The first-order chi connectivity index (χ1) is 8.24. The molecule has 3 nitrogen and oxygen atoms in total. The molecule has 0 aliphatic carbocycles. The lowest BCUT2D eigenvalue weighted by Gasteiger charge is -2.09. The largest absolute Gasteiger partial charge is 0.468 e. The molecular weight excluding hydrogens is 329 g/mol. The average molecular weight is 347 g/mol. The normalized spacial score (nSPS) is 12.1. The average Bonchev–Trinajstić information content (AvgIpc) is 2.38. The quantitative estimate of drug-likeness (QED) is 0.356. The molecule has 1 N–H and O–H groups in total. The number of ether oxygens (including phenoxy) is 1. The fraction of sp³-hybridized carbons (Fsp3) is 0.462. The smallest absolute Gasteiger partial charge is 0.319 e. The zero-order valence-corrected chi connectivity index (χ0v) is 12.1. The molecule has 94 valence electrons. The number of methoxy groups -OCH3 is 1. The van der Waals surface area contributed by atoms with Crippen LogP contribution in [0.25, 0.3) is 0 Å². The second-order valence-electron chi connectivity index (χ2n) is 3.78. The van der Waals surface area contributed by atoms with Crippen LogP contribution in [0, 0.1) is 0 Å². The molecule has 0 heterocycles. The predicted molar refractivity (Wildman–Crippen MR) is 77.5 cm³/mol. The van der Waals surface area contributed by atoms with Gasteiger partial charge in [-0.25, -0.2) is 0 Å². The van der Waals surface area contributed by atoms with Gasteiger partial charge in [0.1, 0.15) is 3.92 Å². The van der Waals surface area contributed by atoms with Gasteiger partial charge in [-0.3, -0.25) is 4.79 Å². The van der Waals surface area contributed by atoms with Gasteiger partial charge in [-0.05, 0) is 24.9 Å². The Morgan fingerprint density at radius 1 is 1.41 bits per heavy atom. The summed E-state index contributed by atoms with van der Waals surface area (Å²) >= 11 is 2.09. The third kappa shape index (κ3) is 6.02. The molecular formula is C13H18INO2. The van der Waals surface area contributed by atoms with Gasteiger partial charge < -0.3 is 10.1 Å². The summed E-state index contributed by atoms with van der Waals surface area (Å²) in [6.07, 6.45) is 2.15. The van der Waals surface area contributed by atoms with Crippen molar-refractivity contribution in [3.8, 4) is 0 Å². The summed E-state index contributed by atoms with van der Waals surface area (Å²) < 4.78 is 4.55. The van der Waals surface area contributed by atoms with E-state index >= 15 is 0 Å². The summed E-state index contributed by atoms with van der Waals surface area (Å²) in [4.78, 5) is 11.1. The molecule has 4 heteroatoms. The van der Waals surface area contributed by atoms with E-state index in [0.29, 0.717) is 6.54 Å². The minimum Gasteiger partial charge on any atom is -0.468 e. The van der Waals surface area contributed by atoms with Crippen LogP contribution in [0.3, 0.4) is 0 Å². The molecule has 0 amide bonds. The molecule has 1 atom stereocenters. The molecule has 0 bridgehead atoms. The highest BCUT2D eigenvalue weighted by Gasteiger charge is 2.13. The van der Waals surface area contributed by atoms with Crippen molar-refractivity contribution in [3.05, 3.63) is 35.9 Å². The van der Waals surface area contributed by atoms with Crippen molar-refractivity contribution in [2.75, 3.05) is 20.2 Å². The Bertz CT molecular complexity index is 329. The molecule has 0 saturated carbocycles. The lowest BCUT2D eigenvalue weighted by atomic mass is 10.1. The maximum atomic E-state index is 11.1. The molecule has 17 heavy (non-hydrogen) atoms. The Kier molecular flexibility index (Phi) is 7.19. The van der Waals surface area contributed by atoms with E-state index in [2.05, 4.69) is 56.9 Å². The minimum atomic E-state index is -0.166. The van der Waals surface area contributed by atoms with Crippen molar-refractivity contribution in [3.63, 3.8) is 0 Å². The number of benzene rings is 1. The van der Waals surface area contributed by atoms with Crippen molar-refractivity contribution in [1.29, 1.82) is 0 Å². The Balaban J connectivity index is 2.07. The molecule has 0 radical (unpaired) electrons. The summed E-state index contributed by atoms with van der Waals surface area (Å²) in [6, 6.07) is 10.4.